The van der Waals surface area contributed by atoms with Crippen molar-refractivity contribution in [2.45, 2.75) is 0 Å². The van der Waals surface area contributed by atoms with Gasteiger partial charge >= 0.3 is 0 Å². The predicted molar refractivity (Wildman–Crippen MR) is 102 cm³/mol. The van der Waals surface area contributed by atoms with E-state index in [1.165, 1.54) is 12.5 Å². The number of rotatable bonds is 5. The first-order valence-corrected chi connectivity index (χ1v) is 8.45. The van der Waals surface area contributed by atoms with Crippen LogP contribution in [0.2, 0.25) is 0 Å². The van der Waals surface area contributed by atoms with Gasteiger partial charge in [0.2, 0.25) is 0 Å². The van der Waals surface area contributed by atoms with Crippen molar-refractivity contribution in [1.82, 2.24) is 5.43 Å². The highest BCUT2D eigenvalue weighted by atomic mass is 79.9. The smallest absolute Gasteiger partial charge is 0.291 e. The standard InChI is InChI=1S/C19H14BrN3O3/c20-14-9-7-13(8-10-14)12-21-23-18(24)15-4-1-2-5-16(15)22-19(25)17-6-3-11-26-17/h1-12H,(H,22,25)(H,23,24)/b21-12+. The summed E-state index contributed by atoms with van der Waals surface area (Å²) in [6, 6.07) is 17.3. The number of amides is 2. The van der Waals surface area contributed by atoms with Crippen LogP contribution in [-0.2, 0) is 0 Å². The molecular weight excluding hydrogens is 398 g/mol. The van der Waals surface area contributed by atoms with E-state index in [-0.39, 0.29) is 5.76 Å². The minimum atomic E-state index is -0.436. The van der Waals surface area contributed by atoms with Crippen molar-refractivity contribution in [3.05, 3.63) is 88.3 Å². The first-order valence-electron chi connectivity index (χ1n) is 7.66. The summed E-state index contributed by atoms with van der Waals surface area (Å²) >= 11 is 3.35. The van der Waals surface area contributed by atoms with Crippen LogP contribution in [0.25, 0.3) is 0 Å². The zero-order valence-corrected chi connectivity index (χ0v) is 15.1. The van der Waals surface area contributed by atoms with Crippen LogP contribution in [0.5, 0.6) is 0 Å². The topological polar surface area (TPSA) is 83.7 Å². The molecular formula is C19H14BrN3O3. The Labute approximate surface area is 158 Å². The van der Waals surface area contributed by atoms with Crippen LogP contribution < -0.4 is 10.7 Å². The second-order valence-corrected chi connectivity index (χ2v) is 6.14. The second kappa shape index (κ2) is 8.26. The molecule has 0 aliphatic rings. The normalized spacial score (nSPS) is 10.7. The van der Waals surface area contributed by atoms with E-state index in [0.717, 1.165) is 10.0 Å². The predicted octanol–water partition coefficient (Wildman–Crippen LogP) is 4.06. The number of hydrogen-bond acceptors (Lipinski definition) is 4. The second-order valence-electron chi connectivity index (χ2n) is 5.23. The molecule has 0 atom stereocenters. The number of hydrogen-bond donors (Lipinski definition) is 2. The van der Waals surface area contributed by atoms with Gasteiger partial charge in [-0.25, -0.2) is 5.43 Å². The third kappa shape index (κ3) is 4.46. The molecule has 130 valence electrons. The van der Waals surface area contributed by atoms with Crippen LogP contribution in [0.1, 0.15) is 26.5 Å². The molecule has 0 radical (unpaired) electrons. The highest BCUT2D eigenvalue weighted by Gasteiger charge is 2.14. The Balaban J connectivity index is 1.69. The Morgan fingerprint density at radius 1 is 0.962 bits per heavy atom. The van der Waals surface area contributed by atoms with Gasteiger partial charge in [-0.15, -0.1) is 0 Å². The zero-order valence-electron chi connectivity index (χ0n) is 13.5. The number of carbonyl (C=O) groups excluding carboxylic acids is 2. The molecule has 26 heavy (non-hydrogen) atoms. The number of benzene rings is 2. The summed E-state index contributed by atoms with van der Waals surface area (Å²) in [4.78, 5) is 24.5. The molecule has 2 aromatic carbocycles. The van der Waals surface area contributed by atoms with Gasteiger partial charge in [0.05, 0.1) is 23.7 Å². The molecule has 0 aliphatic heterocycles. The van der Waals surface area contributed by atoms with E-state index in [2.05, 4.69) is 31.8 Å². The summed E-state index contributed by atoms with van der Waals surface area (Å²) in [6.45, 7) is 0. The molecule has 6 nitrogen and oxygen atoms in total. The van der Waals surface area contributed by atoms with Crippen molar-refractivity contribution in [3.63, 3.8) is 0 Å². The maximum Gasteiger partial charge on any atom is 0.291 e. The number of carbonyl (C=O) groups is 2. The van der Waals surface area contributed by atoms with Gasteiger partial charge in [0.25, 0.3) is 11.8 Å². The van der Waals surface area contributed by atoms with Gasteiger partial charge in [-0.2, -0.15) is 5.10 Å². The molecule has 3 aromatic rings. The van der Waals surface area contributed by atoms with Crippen molar-refractivity contribution in [2.75, 3.05) is 5.32 Å². The maximum absolute atomic E-state index is 12.4. The molecule has 7 heteroatoms. The largest absolute Gasteiger partial charge is 0.459 e. The Morgan fingerprint density at radius 3 is 2.46 bits per heavy atom. The number of halogens is 1. The zero-order chi connectivity index (χ0) is 18.4. The van der Waals surface area contributed by atoms with Crippen molar-refractivity contribution < 1.29 is 14.0 Å². The molecule has 0 fully saturated rings. The molecule has 0 saturated heterocycles. The molecule has 1 heterocycles. The van der Waals surface area contributed by atoms with Gasteiger partial charge in [0.1, 0.15) is 0 Å². The van der Waals surface area contributed by atoms with E-state index in [9.17, 15) is 9.59 Å². The Bertz CT molecular complexity index is 935. The van der Waals surface area contributed by atoms with Gasteiger partial charge in [-0.3, -0.25) is 9.59 Å². The average molecular weight is 412 g/mol. The Kier molecular flexibility index (Phi) is 5.60. The van der Waals surface area contributed by atoms with Crippen LogP contribution >= 0.6 is 15.9 Å². The SMILES string of the molecule is O=C(Nc1ccccc1C(=O)N/N=C/c1ccc(Br)cc1)c1ccco1. The number of furan rings is 1. The maximum atomic E-state index is 12.4. The highest BCUT2D eigenvalue weighted by Crippen LogP contribution is 2.16. The van der Waals surface area contributed by atoms with Gasteiger partial charge in [-0.1, -0.05) is 40.2 Å². The van der Waals surface area contributed by atoms with Crippen molar-refractivity contribution >= 4 is 39.6 Å². The van der Waals surface area contributed by atoms with Crippen molar-refractivity contribution in [3.8, 4) is 0 Å². The van der Waals surface area contributed by atoms with Crippen LogP contribution in [0.15, 0.2) is 80.9 Å². The fourth-order valence-corrected chi connectivity index (χ4v) is 2.42. The van der Waals surface area contributed by atoms with Gasteiger partial charge in [-0.05, 0) is 42.0 Å². The van der Waals surface area contributed by atoms with Crippen molar-refractivity contribution in [2.24, 2.45) is 5.10 Å². The lowest BCUT2D eigenvalue weighted by atomic mass is 10.1. The minimum Gasteiger partial charge on any atom is -0.459 e. The van der Waals surface area contributed by atoms with E-state index in [1.54, 1.807) is 36.4 Å². The van der Waals surface area contributed by atoms with E-state index < -0.39 is 11.8 Å². The summed E-state index contributed by atoms with van der Waals surface area (Å²) in [7, 11) is 0. The van der Waals surface area contributed by atoms with Crippen LogP contribution in [0.3, 0.4) is 0 Å². The van der Waals surface area contributed by atoms with Crippen LogP contribution in [0, 0.1) is 0 Å². The summed E-state index contributed by atoms with van der Waals surface area (Å²) in [5.74, 6) is -0.712. The molecule has 0 unspecified atom stereocenters. The van der Waals surface area contributed by atoms with Gasteiger partial charge < -0.3 is 9.73 Å². The van der Waals surface area contributed by atoms with E-state index >= 15 is 0 Å². The summed E-state index contributed by atoms with van der Waals surface area (Å²) in [5.41, 5.74) is 3.95. The quantitative estimate of drug-likeness (QED) is 0.490. The summed E-state index contributed by atoms with van der Waals surface area (Å²) < 4.78 is 6.01. The highest BCUT2D eigenvalue weighted by molar-refractivity contribution is 9.10. The van der Waals surface area contributed by atoms with Crippen LogP contribution in [-0.4, -0.2) is 18.0 Å². The fourth-order valence-electron chi connectivity index (χ4n) is 2.16. The number of para-hydroxylation sites is 1. The fraction of sp³-hybridized carbons (Fsp3) is 0. The lowest BCUT2D eigenvalue weighted by Gasteiger charge is -2.08. The molecule has 1 aromatic heterocycles. The van der Waals surface area contributed by atoms with Crippen LogP contribution in [0.4, 0.5) is 5.69 Å². The summed E-state index contributed by atoms with van der Waals surface area (Å²) in [6.07, 6.45) is 2.94. The molecule has 0 aliphatic carbocycles. The van der Waals surface area contributed by atoms with Gasteiger partial charge in [0.15, 0.2) is 5.76 Å². The van der Waals surface area contributed by atoms with E-state index in [0.29, 0.717) is 11.3 Å². The first-order chi connectivity index (χ1) is 12.6. The number of anilines is 1. The minimum absolute atomic E-state index is 0.161. The van der Waals surface area contributed by atoms with E-state index in [4.69, 9.17) is 4.42 Å². The number of nitrogens with zero attached hydrogens (tertiary/aromatic N) is 1. The summed E-state index contributed by atoms with van der Waals surface area (Å²) in [5, 5.41) is 6.60. The molecule has 3 rings (SSSR count). The van der Waals surface area contributed by atoms with Crippen molar-refractivity contribution in [1.29, 1.82) is 0 Å². The Hall–Kier alpha value is -3.19. The monoisotopic (exact) mass is 411 g/mol. The third-order valence-electron chi connectivity index (χ3n) is 3.41. The van der Waals surface area contributed by atoms with E-state index in [1.807, 2.05) is 24.3 Å². The molecule has 0 saturated carbocycles. The average Bonchev–Trinajstić information content (AvgIpc) is 3.18. The lowest BCUT2D eigenvalue weighted by molar-refractivity contribution is 0.0956. The molecule has 2 N–H and O–H groups in total. The molecule has 0 spiro atoms. The lowest BCUT2D eigenvalue weighted by Crippen LogP contribution is -2.21. The number of hydrazone groups is 1. The van der Waals surface area contributed by atoms with Gasteiger partial charge in [0, 0.05) is 4.47 Å². The number of nitrogens with one attached hydrogen (secondary N) is 2. The Morgan fingerprint density at radius 2 is 1.73 bits per heavy atom. The first kappa shape index (κ1) is 17.6. The molecule has 2 amide bonds. The molecule has 0 bridgehead atoms. The third-order valence-corrected chi connectivity index (χ3v) is 3.94.